The first kappa shape index (κ1) is 19.8. The number of barbiturate groups is 1. The number of carboxylic acids is 1. The number of anilines is 1. The van der Waals surface area contributed by atoms with E-state index in [1.54, 1.807) is 42.5 Å². The number of hydrogen-bond donors (Lipinski definition) is 2. The van der Waals surface area contributed by atoms with E-state index in [9.17, 15) is 24.3 Å². The van der Waals surface area contributed by atoms with E-state index in [0.717, 1.165) is 10.5 Å². The van der Waals surface area contributed by atoms with E-state index in [2.05, 4.69) is 5.32 Å². The Kier molecular flexibility index (Phi) is 4.96. The summed E-state index contributed by atoms with van der Waals surface area (Å²) in [5, 5.41) is 11.5. The first-order valence-corrected chi connectivity index (χ1v) is 9.26. The second-order valence-corrected chi connectivity index (χ2v) is 6.85. The molecule has 154 valence electrons. The zero-order valence-electron chi connectivity index (χ0n) is 16.3. The number of aryl methyl sites for hydroxylation is 1. The molecular weight excluding hydrogens is 400 g/mol. The van der Waals surface area contributed by atoms with Crippen molar-refractivity contribution >= 4 is 35.6 Å². The fraction of sp³-hybridized carbons (Fsp3) is 0.0435. The highest BCUT2D eigenvalue weighted by atomic mass is 16.4. The molecule has 0 radical (unpaired) electrons. The van der Waals surface area contributed by atoms with Gasteiger partial charge in [0.25, 0.3) is 11.8 Å². The van der Waals surface area contributed by atoms with Crippen LogP contribution in [-0.2, 0) is 9.59 Å². The number of carbonyl (C=O) groups is 4. The SMILES string of the molecule is Cc1cccc(N2C(=O)NC(=O)/C(=C/c3ccc(-c4ccccc4C(=O)O)o3)C2=O)c1. The van der Waals surface area contributed by atoms with Crippen LogP contribution < -0.4 is 10.2 Å². The molecule has 1 fully saturated rings. The van der Waals surface area contributed by atoms with Gasteiger partial charge in [-0.05, 0) is 48.9 Å². The van der Waals surface area contributed by atoms with Crippen LogP contribution in [0.2, 0.25) is 0 Å². The van der Waals surface area contributed by atoms with Gasteiger partial charge in [-0.15, -0.1) is 0 Å². The van der Waals surface area contributed by atoms with E-state index < -0.39 is 23.8 Å². The lowest BCUT2D eigenvalue weighted by molar-refractivity contribution is -0.122. The van der Waals surface area contributed by atoms with Crippen LogP contribution in [0.5, 0.6) is 0 Å². The van der Waals surface area contributed by atoms with Crippen LogP contribution in [0.25, 0.3) is 17.4 Å². The minimum atomic E-state index is -1.11. The van der Waals surface area contributed by atoms with Crippen LogP contribution in [0, 0.1) is 6.92 Å². The Balaban J connectivity index is 1.70. The topological polar surface area (TPSA) is 117 Å². The average molecular weight is 416 g/mol. The van der Waals surface area contributed by atoms with Crippen molar-refractivity contribution in [3.05, 3.63) is 83.1 Å². The highest BCUT2D eigenvalue weighted by Gasteiger charge is 2.37. The third-order valence-corrected chi connectivity index (χ3v) is 4.70. The molecule has 0 bridgehead atoms. The summed E-state index contributed by atoms with van der Waals surface area (Å²) in [6.07, 6.45) is 1.22. The normalized spacial score (nSPS) is 15.3. The Morgan fingerprint density at radius 3 is 2.55 bits per heavy atom. The number of carbonyl (C=O) groups excluding carboxylic acids is 3. The Labute approximate surface area is 176 Å². The summed E-state index contributed by atoms with van der Waals surface area (Å²) < 4.78 is 5.67. The Morgan fingerprint density at radius 2 is 1.81 bits per heavy atom. The minimum Gasteiger partial charge on any atom is -0.478 e. The van der Waals surface area contributed by atoms with Crippen molar-refractivity contribution in [3.63, 3.8) is 0 Å². The molecule has 4 amide bonds. The van der Waals surface area contributed by atoms with Crippen LogP contribution in [0.4, 0.5) is 10.5 Å². The standard InChI is InChI=1S/C23H16N2O6/c1-13-5-4-6-14(11-13)25-21(27)18(20(26)24-23(25)30)12-15-9-10-19(31-15)16-7-2-3-8-17(16)22(28)29/h2-12H,1H3,(H,28,29)(H,24,26,30)/b18-12-. The largest absolute Gasteiger partial charge is 0.478 e. The zero-order valence-corrected chi connectivity index (χ0v) is 16.3. The molecule has 3 aromatic rings. The molecule has 2 heterocycles. The lowest BCUT2D eigenvalue weighted by Gasteiger charge is -2.26. The molecular formula is C23H16N2O6. The highest BCUT2D eigenvalue weighted by Crippen LogP contribution is 2.28. The molecule has 0 unspecified atom stereocenters. The smallest absolute Gasteiger partial charge is 0.336 e. The summed E-state index contributed by atoms with van der Waals surface area (Å²) in [6.45, 7) is 1.82. The Hall–Kier alpha value is -4.46. The Bertz CT molecular complexity index is 1270. The van der Waals surface area contributed by atoms with E-state index in [0.29, 0.717) is 11.3 Å². The van der Waals surface area contributed by atoms with Crippen molar-refractivity contribution in [2.24, 2.45) is 0 Å². The number of benzene rings is 2. The predicted molar refractivity (Wildman–Crippen MR) is 111 cm³/mol. The van der Waals surface area contributed by atoms with Crippen LogP contribution >= 0.6 is 0 Å². The van der Waals surface area contributed by atoms with Crippen LogP contribution in [-0.4, -0.2) is 28.9 Å². The molecule has 4 rings (SSSR count). The quantitative estimate of drug-likeness (QED) is 0.496. The molecule has 1 aliphatic heterocycles. The van der Waals surface area contributed by atoms with Gasteiger partial charge in [0.05, 0.1) is 11.3 Å². The first-order chi connectivity index (χ1) is 14.8. The van der Waals surface area contributed by atoms with Gasteiger partial charge in [0.2, 0.25) is 0 Å². The zero-order chi connectivity index (χ0) is 22.1. The second-order valence-electron chi connectivity index (χ2n) is 6.85. The van der Waals surface area contributed by atoms with Crippen molar-refractivity contribution in [2.75, 3.05) is 4.90 Å². The third kappa shape index (κ3) is 3.74. The lowest BCUT2D eigenvalue weighted by atomic mass is 10.1. The van der Waals surface area contributed by atoms with Crippen LogP contribution in [0.3, 0.4) is 0 Å². The van der Waals surface area contributed by atoms with Gasteiger partial charge >= 0.3 is 12.0 Å². The number of carboxylic acid groups (broad SMARTS) is 1. The number of imide groups is 2. The summed E-state index contributed by atoms with van der Waals surface area (Å²) in [4.78, 5) is 49.9. The molecule has 1 aliphatic rings. The first-order valence-electron chi connectivity index (χ1n) is 9.26. The van der Waals surface area contributed by atoms with Gasteiger partial charge in [-0.1, -0.05) is 30.3 Å². The maximum atomic E-state index is 12.9. The van der Waals surface area contributed by atoms with Gasteiger partial charge in [0.1, 0.15) is 17.1 Å². The summed E-state index contributed by atoms with van der Waals surface area (Å²) >= 11 is 0. The fourth-order valence-electron chi connectivity index (χ4n) is 3.26. The van der Waals surface area contributed by atoms with E-state index in [-0.39, 0.29) is 22.7 Å². The molecule has 0 atom stereocenters. The van der Waals surface area contributed by atoms with Gasteiger partial charge in [0, 0.05) is 5.56 Å². The number of rotatable bonds is 4. The number of urea groups is 1. The van der Waals surface area contributed by atoms with Gasteiger partial charge in [-0.2, -0.15) is 0 Å². The monoisotopic (exact) mass is 416 g/mol. The average Bonchev–Trinajstić information content (AvgIpc) is 3.19. The molecule has 0 saturated carbocycles. The number of nitrogens with zero attached hydrogens (tertiary/aromatic N) is 1. The number of aromatic carboxylic acids is 1. The number of furan rings is 1. The van der Waals surface area contributed by atoms with E-state index in [1.165, 1.54) is 18.2 Å². The van der Waals surface area contributed by atoms with Crippen molar-refractivity contribution in [1.29, 1.82) is 0 Å². The van der Waals surface area contributed by atoms with Gasteiger partial charge in [-0.25, -0.2) is 14.5 Å². The van der Waals surface area contributed by atoms with E-state index >= 15 is 0 Å². The van der Waals surface area contributed by atoms with Crippen LogP contribution in [0.15, 0.2) is 70.7 Å². The number of amides is 4. The maximum Gasteiger partial charge on any atom is 0.336 e. The number of hydrogen-bond acceptors (Lipinski definition) is 5. The molecule has 2 aromatic carbocycles. The molecule has 0 aliphatic carbocycles. The molecule has 8 nitrogen and oxygen atoms in total. The second kappa shape index (κ2) is 7.75. The molecule has 1 aromatic heterocycles. The summed E-state index contributed by atoms with van der Waals surface area (Å²) in [6, 6.07) is 15.3. The van der Waals surface area contributed by atoms with E-state index in [4.69, 9.17) is 4.42 Å². The van der Waals surface area contributed by atoms with Crippen molar-refractivity contribution in [3.8, 4) is 11.3 Å². The molecule has 2 N–H and O–H groups in total. The fourth-order valence-corrected chi connectivity index (χ4v) is 3.26. The molecule has 0 spiro atoms. The van der Waals surface area contributed by atoms with E-state index in [1.807, 2.05) is 13.0 Å². The van der Waals surface area contributed by atoms with Crippen molar-refractivity contribution in [1.82, 2.24) is 5.32 Å². The highest BCUT2D eigenvalue weighted by molar-refractivity contribution is 6.39. The molecule has 8 heteroatoms. The molecule has 31 heavy (non-hydrogen) atoms. The van der Waals surface area contributed by atoms with Gasteiger partial charge in [0.15, 0.2) is 0 Å². The summed E-state index contributed by atoms with van der Waals surface area (Å²) in [7, 11) is 0. The lowest BCUT2D eigenvalue weighted by Crippen LogP contribution is -2.54. The maximum absolute atomic E-state index is 12.9. The van der Waals surface area contributed by atoms with Crippen molar-refractivity contribution in [2.45, 2.75) is 6.92 Å². The summed E-state index contributed by atoms with van der Waals surface area (Å²) in [5.41, 5.74) is 1.30. The molecule has 1 saturated heterocycles. The van der Waals surface area contributed by atoms with Gasteiger partial charge < -0.3 is 9.52 Å². The van der Waals surface area contributed by atoms with Crippen LogP contribution in [0.1, 0.15) is 21.7 Å². The number of nitrogens with one attached hydrogen (secondary N) is 1. The minimum absolute atomic E-state index is 0.0544. The summed E-state index contributed by atoms with van der Waals surface area (Å²) in [5.74, 6) is -2.32. The van der Waals surface area contributed by atoms with Crippen molar-refractivity contribution < 1.29 is 28.7 Å². The predicted octanol–water partition coefficient (Wildman–Crippen LogP) is 3.62. The Morgan fingerprint density at radius 1 is 1.03 bits per heavy atom. The van der Waals surface area contributed by atoms with Gasteiger partial charge in [-0.3, -0.25) is 14.9 Å². The third-order valence-electron chi connectivity index (χ3n) is 4.70.